The second-order valence-corrected chi connectivity index (χ2v) is 10.0. The van der Waals surface area contributed by atoms with Crippen molar-refractivity contribution in [3.05, 3.63) is 27.0 Å². The smallest absolute Gasteiger partial charge is 0.410 e. The van der Waals surface area contributed by atoms with Crippen molar-refractivity contribution in [2.45, 2.75) is 39.8 Å². The zero-order chi connectivity index (χ0) is 18.0. The number of nitrogens with one attached hydrogen (secondary N) is 1. The molecule has 3 aromatic rings. The SMILES string of the molecule is CCCN(Cc1ncc(-c2cc3sc(I)cc3s2)[nH]1)C(=O)OC(C)C. The van der Waals surface area contributed by atoms with E-state index in [9.17, 15) is 4.79 Å². The van der Waals surface area contributed by atoms with E-state index >= 15 is 0 Å². The first-order valence-electron chi connectivity index (χ1n) is 8.15. The van der Waals surface area contributed by atoms with Gasteiger partial charge in [-0.1, -0.05) is 6.92 Å². The third-order valence-electron chi connectivity index (χ3n) is 3.50. The zero-order valence-electron chi connectivity index (χ0n) is 14.3. The molecule has 0 spiro atoms. The molecular formula is C17H20IN3O2S2. The molecule has 1 N–H and O–H groups in total. The largest absolute Gasteiger partial charge is 0.447 e. The minimum Gasteiger partial charge on any atom is -0.447 e. The third kappa shape index (κ3) is 4.53. The van der Waals surface area contributed by atoms with Crippen molar-refractivity contribution in [1.82, 2.24) is 14.9 Å². The van der Waals surface area contributed by atoms with Crippen LogP contribution in [0.4, 0.5) is 4.79 Å². The molecule has 0 bridgehead atoms. The number of carbonyl (C=O) groups excluding carboxylic acids is 1. The summed E-state index contributed by atoms with van der Waals surface area (Å²) in [5, 5.41) is 0. The average molecular weight is 489 g/mol. The van der Waals surface area contributed by atoms with Gasteiger partial charge in [0.15, 0.2) is 0 Å². The fraction of sp³-hybridized carbons (Fsp3) is 0.412. The van der Waals surface area contributed by atoms with E-state index in [2.05, 4.69) is 44.7 Å². The van der Waals surface area contributed by atoms with Crippen LogP contribution in [0.1, 0.15) is 33.0 Å². The monoisotopic (exact) mass is 489 g/mol. The molecular weight excluding hydrogens is 469 g/mol. The lowest BCUT2D eigenvalue weighted by atomic mass is 10.4. The summed E-state index contributed by atoms with van der Waals surface area (Å²) in [4.78, 5) is 22.9. The molecule has 134 valence electrons. The molecule has 25 heavy (non-hydrogen) atoms. The summed E-state index contributed by atoms with van der Waals surface area (Å²) in [6.45, 7) is 6.84. The number of rotatable bonds is 6. The van der Waals surface area contributed by atoms with Crippen molar-refractivity contribution in [3.63, 3.8) is 0 Å². The molecule has 0 unspecified atom stereocenters. The molecule has 0 radical (unpaired) electrons. The maximum absolute atomic E-state index is 12.2. The molecule has 0 aliphatic carbocycles. The second kappa shape index (κ2) is 8.05. The predicted molar refractivity (Wildman–Crippen MR) is 112 cm³/mol. The predicted octanol–water partition coefficient (Wildman–Crippen LogP) is 5.71. The van der Waals surface area contributed by atoms with E-state index in [-0.39, 0.29) is 12.2 Å². The summed E-state index contributed by atoms with van der Waals surface area (Å²) >= 11 is 5.90. The van der Waals surface area contributed by atoms with Gasteiger partial charge < -0.3 is 14.6 Å². The fourth-order valence-electron chi connectivity index (χ4n) is 2.47. The molecule has 3 heterocycles. The molecule has 0 aliphatic rings. The molecule has 5 nitrogen and oxygen atoms in total. The van der Waals surface area contributed by atoms with E-state index in [1.807, 2.05) is 27.0 Å². The maximum atomic E-state index is 12.2. The van der Waals surface area contributed by atoms with E-state index in [4.69, 9.17) is 4.74 Å². The fourth-order valence-corrected chi connectivity index (χ4v) is 5.79. The third-order valence-corrected chi connectivity index (χ3v) is 6.59. The van der Waals surface area contributed by atoms with Crippen molar-refractivity contribution in [1.29, 1.82) is 0 Å². The molecule has 8 heteroatoms. The Morgan fingerprint density at radius 3 is 2.80 bits per heavy atom. The number of aromatic nitrogens is 2. The normalized spacial score (nSPS) is 11.4. The Morgan fingerprint density at radius 1 is 1.36 bits per heavy atom. The molecule has 1 amide bonds. The van der Waals surface area contributed by atoms with Gasteiger partial charge in [-0.3, -0.25) is 0 Å². The van der Waals surface area contributed by atoms with Crippen LogP contribution < -0.4 is 0 Å². The van der Waals surface area contributed by atoms with E-state index in [1.165, 1.54) is 17.2 Å². The number of nitrogens with zero attached hydrogens (tertiary/aromatic N) is 2. The van der Waals surface area contributed by atoms with Crippen LogP contribution in [-0.2, 0) is 11.3 Å². The minimum atomic E-state index is -0.291. The summed E-state index contributed by atoms with van der Waals surface area (Å²) in [7, 11) is 0. The lowest BCUT2D eigenvalue weighted by molar-refractivity contribution is 0.0738. The van der Waals surface area contributed by atoms with Gasteiger partial charge in [-0.05, 0) is 55.0 Å². The molecule has 0 fully saturated rings. The van der Waals surface area contributed by atoms with Crippen LogP contribution in [0, 0.1) is 2.88 Å². The van der Waals surface area contributed by atoms with Gasteiger partial charge in [0.05, 0.1) is 32.3 Å². The standard InChI is InChI=1S/C17H20IN3O2S2/c1-4-5-21(17(22)23-10(2)3)9-16-19-8-11(20-16)12-6-13-14(24-12)7-15(18)25-13/h6-8,10H,4-5,9H2,1-3H3,(H,19,20). The number of carbonyl (C=O) groups is 1. The number of hydrogen-bond donors (Lipinski definition) is 1. The Bertz CT molecular complexity index is 837. The number of hydrogen-bond acceptors (Lipinski definition) is 5. The Balaban J connectivity index is 1.74. The summed E-state index contributed by atoms with van der Waals surface area (Å²) in [6, 6.07) is 4.40. The van der Waals surface area contributed by atoms with Gasteiger partial charge in [0.25, 0.3) is 0 Å². The first-order chi connectivity index (χ1) is 12.0. The number of aromatic amines is 1. The summed E-state index contributed by atoms with van der Waals surface area (Å²) in [6.07, 6.45) is 2.30. The molecule has 0 saturated heterocycles. The highest BCUT2D eigenvalue weighted by atomic mass is 127. The second-order valence-electron chi connectivity index (χ2n) is 5.99. The first-order valence-corrected chi connectivity index (χ1v) is 10.9. The lowest BCUT2D eigenvalue weighted by Crippen LogP contribution is -2.33. The van der Waals surface area contributed by atoms with E-state index in [1.54, 1.807) is 27.6 Å². The van der Waals surface area contributed by atoms with Crippen LogP contribution in [0.3, 0.4) is 0 Å². The molecule has 0 saturated carbocycles. The Morgan fingerprint density at radius 2 is 2.12 bits per heavy atom. The lowest BCUT2D eigenvalue weighted by Gasteiger charge is -2.21. The van der Waals surface area contributed by atoms with Crippen LogP contribution in [0.2, 0.25) is 0 Å². The van der Waals surface area contributed by atoms with Crippen molar-refractivity contribution < 1.29 is 9.53 Å². The average Bonchev–Trinajstić information content (AvgIpc) is 3.20. The minimum absolute atomic E-state index is 0.124. The van der Waals surface area contributed by atoms with Crippen molar-refractivity contribution in [2.24, 2.45) is 0 Å². The number of thiophene rings is 2. The number of halogens is 1. The van der Waals surface area contributed by atoms with E-state index in [0.29, 0.717) is 13.1 Å². The summed E-state index contributed by atoms with van der Waals surface area (Å²) < 4.78 is 9.22. The van der Waals surface area contributed by atoms with Gasteiger partial charge in [-0.2, -0.15) is 0 Å². The number of imidazole rings is 1. The van der Waals surface area contributed by atoms with Crippen molar-refractivity contribution >= 4 is 60.8 Å². The molecule has 0 aromatic carbocycles. The number of amides is 1. The Labute approximate surface area is 168 Å². The van der Waals surface area contributed by atoms with Crippen molar-refractivity contribution in [2.75, 3.05) is 6.54 Å². The van der Waals surface area contributed by atoms with Crippen LogP contribution >= 0.6 is 45.3 Å². The van der Waals surface area contributed by atoms with Gasteiger partial charge in [0.2, 0.25) is 0 Å². The van der Waals surface area contributed by atoms with Crippen LogP contribution in [0.5, 0.6) is 0 Å². The van der Waals surface area contributed by atoms with Gasteiger partial charge >= 0.3 is 6.09 Å². The topological polar surface area (TPSA) is 58.2 Å². The quantitative estimate of drug-likeness (QED) is 0.451. The number of ether oxygens (including phenoxy) is 1. The van der Waals surface area contributed by atoms with E-state index < -0.39 is 0 Å². The molecule has 0 atom stereocenters. The summed E-state index contributed by atoms with van der Waals surface area (Å²) in [5.41, 5.74) is 0.993. The van der Waals surface area contributed by atoms with Crippen LogP contribution in [0.15, 0.2) is 18.3 Å². The summed E-state index contributed by atoms with van der Waals surface area (Å²) in [5.74, 6) is 0.774. The first kappa shape index (κ1) is 18.7. The van der Waals surface area contributed by atoms with Crippen molar-refractivity contribution in [3.8, 4) is 10.6 Å². The van der Waals surface area contributed by atoms with Crippen LogP contribution in [0.25, 0.3) is 20.0 Å². The van der Waals surface area contributed by atoms with Gasteiger partial charge in [0, 0.05) is 15.9 Å². The zero-order valence-corrected chi connectivity index (χ0v) is 18.1. The maximum Gasteiger partial charge on any atom is 0.410 e. The highest BCUT2D eigenvalue weighted by Crippen LogP contribution is 2.38. The molecule has 3 rings (SSSR count). The van der Waals surface area contributed by atoms with Gasteiger partial charge in [0.1, 0.15) is 5.82 Å². The molecule has 3 aromatic heterocycles. The van der Waals surface area contributed by atoms with Gasteiger partial charge in [-0.25, -0.2) is 9.78 Å². The van der Waals surface area contributed by atoms with E-state index in [0.717, 1.165) is 17.9 Å². The Kier molecular flexibility index (Phi) is 6.00. The highest BCUT2D eigenvalue weighted by Gasteiger charge is 2.18. The number of fused-ring (bicyclic) bond motifs is 1. The number of H-pyrrole nitrogens is 1. The highest BCUT2D eigenvalue weighted by molar-refractivity contribution is 14.1. The van der Waals surface area contributed by atoms with Gasteiger partial charge in [-0.15, -0.1) is 22.7 Å². The van der Waals surface area contributed by atoms with Crippen LogP contribution in [-0.4, -0.2) is 33.6 Å². The molecule has 0 aliphatic heterocycles. The Hall–Kier alpha value is -1.13.